The molecule has 0 atom stereocenters. The first kappa shape index (κ1) is 16.2. The first-order valence-electron chi connectivity index (χ1n) is 6.73. The van der Waals surface area contributed by atoms with E-state index in [-0.39, 0.29) is 5.91 Å². The van der Waals surface area contributed by atoms with Gasteiger partial charge in [0, 0.05) is 31.1 Å². The summed E-state index contributed by atoms with van der Waals surface area (Å²) in [7, 11) is 3.19. The van der Waals surface area contributed by atoms with Crippen LogP contribution < -0.4 is 9.47 Å². The van der Waals surface area contributed by atoms with Crippen LogP contribution in [0.1, 0.15) is 29.2 Å². The lowest BCUT2D eigenvalue weighted by atomic mass is 9.90. The lowest BCUT2D eigenvalue weighted by Crippen LogP contribution is -2.35. The van der Waals surface area contributed by atoms with Crippen LogP contribution in [0.15, 0.2) is 0 Å². The van der Waals surface area contributed by atoms with Gasteiger partial charge >= 0.3 is 0 Å². The molecule has 1 aliphatic heterocycles. The summed E-state index contributed by atoms with van der Waals surface area (Å²) in [5.74, 6) is 1.97. The molecule has 0 radical (unpaired) electrons. The number of ether oxygens (including phenoxy) is 2. The molecule has 0 N–H and O–H groups in total. The third-order valence-electron chi connectivity index (χ3n) is 3.95. The van der Waals surface area contributed by atoms with Crippen molar-refractivity contribution in [2.45, 2.75) is 31.6 Å². The Kier molecular flexibility index (Phi) is 5.22. The molecule has 0 saturated heterocycles. The van der Waals surface area contributed by atoms with Crippen molar-refractivity contribution in [1.82, 2.24) is 4.90 Å². The smallest absolute Gasteiger partial charge is 0.219 e. The minimum Gasteiger partial charge on any atom is -0.493 e. The van der Waals surface area contributed by atoms with Crippen LogP contribution in [0.25, 0.3) is 0 Å². The van der Waals surface area contributed by atoms with Gasteiger partial charge in [-0.25, -0.2) is 0 Å². The summed E-state index contributed by atoms with van der Waals surface area (Å²) < 4.78 is 11.0. The molecule has 0 unspecified atom stereocenters. The second-order valence-electron chi connectivity index (χ2n) is 4.94. The van der Waals surface area contributed by atoms with Gasteiger partial charge in [-0.15, -0.1) is 23.2 Å². The fourth-order valence-corrected chi connectivity index (χ4v) is 3.47. The van der Waals surface area contributed by atoms with Crippen LogP contribution in [0.5, 0.6) is 11.5 Å². The molecular formula is C15H19Cl2NO3. The van der Waals surface area contributed by atoms with Crippen molar-refractivity contribution in [3.05, 3.63) is 22.3 Å². The molecule has 6 heteroatoms. The highest BCUT2D eigenvalue weighted by molar-refractivity contribution is 6.18. The molecule has 0 aliphatic carbocycles. The predicted octanol–water partition coefficient (Wildman–Crippen LogP) is 3.09. The van der Waals surface area contributed by atoms with Crippen LogP contribution in [0, 0.1) is 0 Å². The molecule has 0 saturated carbocycles. The van der Waals surface area contributed by atoms with E-state index < -0.39 is 0 Å². The molecule has 21 heavy (non-hydrogen) atoms. The number of rotatable bonds is 4. The summed E-state index contributed by atoms with van der Waals surface area (Å²) in [5.41, 5.74) is 3.99. The number of hydrogen-bond acceptors (Lipinski definition) is 3. The molecule has 4 nitrogen and oxygen atoms in total. The van der Waals surface area contributed by atoms with Crippen LogP contribution in [0.2, 0.25) is 0 Å². The fraction of sp³-hybridized carbons (Fsp3) is 0.533. The number of fused-ring (bicyclic) bond motifs is 1. The maximum atomic E-state index is 11.7. The Bertz CT molecular complexity index is 535. The van der Waals surface area contributed by atoms with Gasteiger partial charge in [0.15, 0.2) is 11.5 Å². The summed E-state index contributed by atoms with van der Waals surface area (Å²) in [4.78, 5) is 13.5. The Balaban J connectivity index is 2.68. The number of hydrogen-bond donors (Lipinski definition) is 0. The van der Waals surface area contributed by atoms with E-state index in [9.17, 15) is 4.79 Å². The van der Waals surface area contributed by atoms with Crippen LogP contribution in [0.4, 0.5) is 0 Å². The number of halogens is 2. The molecule has 0 spiro atoms. The van der Waals surface area contributed by atoms with Gasteiger partial charge in [-0.3, -0.25) is 4.79 Å². The highest BCUT2D eigenvalue weighted by Gasteiger charge is 2.29. The Morgan fingerprint density at radius 2 is 1.62 bits per heavy atom. The first-order valence-corrected chi connectivity index (χ1v) is 7.80. The van der Waals surface area contributed by atoms with Crippen molar-refractivity contribution < 1.29 is 14.3 Å². The van der Waals surface area contributed by atoms with Crippen molar-refractivity contribution in [3.8, 4) is 11.5 Å². The zero-order chi connectivity index (χ0) is 15.6. The second-order valence-corrected chi connectivity index (χ2v) is 5.47. The topological polar surface area (TPSA) is 38.8 Å². The van der Waals surface area contributed by atoms with Crippen molar-refractivity contribution in [3.63, 3.8) is 0 Å². The van der Waals surface area contributed by atoms with Crippen LogP contribution in [-0.2, 0) is 29.5 Å². The van der Waals surface area contributed by atoms with E-state index in [1.54, 1.807) is 21.1 Å². The van der Waals surface area contributed by atoms with E-state index in [2.05, 4.69) is 0 Å². The largest absolute Gasteiger partial charge is 0.493 e. The van der Waals surface area contributed by atoms with Crippen LogP contribution in [0.3, 0.4) is 0 Å². The third kappa shape index (κ3) is 2.79. The number of alkyl halides is 2. The summed E-state index contributed by atoms with van der Waals surface area (Å²) in [6.45, 7) is 2.80. The van der Waals surface area contributed by atoms with Gasteiger partial charge < -0.3 is 14.4 Å². The third-order valence-corrected chi connectivity index (χ3v) is 4.48. The van der Waals surface area contributed by atoms with Gasteiger partial charge in [-0.2, -0.15) is 0 Å². The van der Waals surface area contributed by atoms with E-state index in [1.165, 1.54) is 0 Å². The normalized spacial score (nSPS) is 13.9. The number of nitrogens with zero attached hydrogens (tertiary/aromatic N) is 1. The molecule has 1 aromatic carbocycles. The monoisotopic (exact) mass is 331 g/mol. The van der Waals surface area contributed by atoms with Gasteiger partial charge in [0.1, 0.15) is 0 Å². The first-order chi connectivity index (χ1) is 10.1. The standard InChI is InChI=1S/C15H19Cl2NO3/c1-9(19)18-5-4-10-11(6-16)14(20-2)15(21-3)12(7-17)13(10)8-18/h4-8H2,1-3H3. The van der Waals surface area contributed by atoms with Crippen molar-refractivity contribution in [2.24, 2.45) is 0 Å². The maximum Gasteiger partial charge on any atom is 0.219 e. The minimum absolute atomic E-state index is 0.0587. The Labute approximate surface area is 134 Å². The molecule has 1 aromatic rings. The van der Waals surface area contributed by atoms with E-state index >= 15 is 0 Å². The fourth-order valence-electron chi connectivity index (χ4n) is 2.91. The van der Waals surface area contributed by atoms with E-state index in [0.717, 1.165) is 28.7 Å². The van der Waals surface area contributed by atoms with Crippen LogP contribution in [-0.4, -0.2) is 31.6 Å². The van der Waals surface area contributed by atoms with Gasteiger partial charge in [-0.1, -0.05) is 0 Å². The Morgan fingerprint density at radius 3 is 2.05 bits per heavy atom. The summed E-state index contributed by atoms with van der Waals surface area (Å²) in [6.07, 6.45) is 0.751. The van der Waals surface area contributed by atoms with Crippen LogP contribution >= 0.6 is 23.2 Å². The minimum atomic E-state index is 0.0587. The molecule has 0 aromatic heterocycles. The average Bonchev–Trinajstić information content (AvgIpc) is 2.51. The SMILES string of the molecule is COc1c(CCl)c2c(c(CCl)c1OC)CN(C(C)=O)CC2. The summed E-state index contributed by atoms with van der Waals surface area (Å²) >= 11 is 12.2. The van der Waals surface area contributed by atoms with E-state index in [4.69, 9.17) is 32.7 Å². The lowest BCUT2D eigenvalue weighted by Gasteiger charge is -2.32. The second kappa shape index (κ2) is 6.75. The number of carbonyl (C=O) groups is 1. The highest BCUT2D eigenvalue weighted by atomic mass is 35.5. The molecule has 1 aliphatic rings. The molecule has 116 valence electrons. The molecule has 1 heterocycles. The Hall–Kier alpha value is -1.13. The molecule has 1 amide bonds. The molecule has 2 rings (SSSR count). The Morgan fingerprint density at radius 1 is 1.10 bits per heavy atom. The number of methoxy groups -OCH3 is 2. The molecule has 0 bridgehead atoms. The van der Waals surface area contributed by atoms with Gasteiger partial charge in [-0.05, 0) is 17.5 Å². The van der Waals surface area contributed by atoms with Gasteiger partial charge in [0.25, 0.3) is 0 Å². The van der Waals surface area contributed by atoms with Crippen molar-refractivity contribution >= 4 is 29.1 Å². The zero-order valence-corrected chi connectivity index (χ0v) is 14.0. The average molecular weight is 332 g/mol. The molecule has 0 fully saturated rings. The lowest BCUT2D eigenvalue weighted by molar-refractivity contribution is -0.129. The molecular weight excluding hydrogens is 313 g/mol. The zero-order valence-electron chi connectivity index (χ0n) is 12.5. The van der Waals surface area contributed by atoms with Gasteiger partial charge in [0.2, 0.25) is 5.91 Å². The van der Waals surface area contributed by atoms with E-state index in [0.29, 0.717) is 36.3 Å². The predicted molar refractivity (Wildman–Crippen MR) is 83.5 cm³/mol. The number of benzene rings is 1. The maximum absolute atomic E-state index is 11.7. The van der Waals surface area contributed by atoms with E-state index in [1.807, 2.05) is 4.90 Å². The van der Waals surface area contributed by atoms with Crippen molar-refractivity contribution in [1.29, 1.82) is 0 Å². The van der Waals surface area contributed by atoms with Crippen molar-refractivity contribution in [2.75, 3.05) is 20.8 Å². The summed E-state index contributed by atoms with van der Waals surface area (Å²) in [6, 6.07) is 0. The number of carbonyl (C=O) groups excluding carboxylic acids is 1. The summed E-state index contributed by atoms with van der Waals surface area (Å²) in [5, 5.41) is 0. The number of amides is 1. The highest BCUT2D eigenvalue weighted by Crippen LogP contribution is 2.43. The van der Waals surface area contributed by atoms with Gasteiger partial charge in [0.05, 0.1) is 26.0 Å². The quantitative estimate of drug-likeness (QED) is 0.796.